The Balaban J connectivity index is 1.50. The fourth-order valence-electron chi connectivity index (χ4n) is 3.27. The molecule has 0 unspecified atom stereocenters. The summed E-state index contributed by atoms with van der Waals surface area (Å²) >= 11 is 0. The highest BCUT2D eigenvalue weighted by Gasteiger charge is 2.31. The van der Waals surface area contributed by atoms with E-state index < -0.39 is 6.04 Å². The molecule has 130 valence electrons. The summed E-state index contributed by atoms with van der Waals surface area (Å²) in [4.78, 5) is 38.3. The summed E-state index contributed by atoms with van der Waals surface area (Å²) in [6.45, 7) is 1.72. The number of nitrogens with one attached hydrogen (secondary N) is 2. The maximum absolute atomic E-state index is 12.4. The monoisotopic (exact) mass is 333 g/mol. The van der Waals surface area contributed by atoms with Crippen molar-refractivity contribution in [2.24, 2.45) is 5.92 Å². The Morgan fingerprint density at radius 3 is 2.71 bits per heavy atom. The van der Waals surface area contributed by atoms with Crippen molar-refractivity contribution in [3.63, 3.8) is 0 Å². The number of furan rings is 1. The molecule has 2 aliphatic heterocycles. The van der Waals surface area contributed by atoms with E-state index in [0.29, 0.717) is 44.7 Å². The number of amides is 3. The molecule has 1 aromatic heterocycles. The van der Waals surface area contributed by atoms with Crippen molar-refractivity contribution in [1.29, 1.82) is 0 Å². The Morgan fingerprint density at radius 2 is 2.00 bits per heavy atom. The minimum Gasteiger partial charge on any atom is -0.459 e. The summed E-state index contributed by atoms with van der Waals surface area (Å²) in [5.41, 5.74) is 0. The summed E-state index contributed by atoms with van der Waals surface area (Å²) in [5.74, 6) is -0.134. The standard InChI is InChI=1S/C17H23N3O4/c21-15(19-13-4-1-2-8-18-16(13)22)12-6-9-20(10-7-12)17(23)14-5-3-11-24-14/h3,5,11-13H,1-2,4,6-10H2,(H,18,22)(H,19,21)/t13-/m1/s1. The number of likely N-dealkylation sites (tertiary alicyclic amines) is 1. The molecule has 0 bridgehead atoms. The Hall–Kier alpha value is -2.31. The fraction of sp³-hybridized carbons (Fsp3) is 0.588. The van der Waals surface area contributed by atoms with E-state index in [1.807, 2.05) is 0 Å². The van der Waals surface area contributed by atoms with Gasteiger partial charge in [0.25, 0.3) is 5.91 Å². The molecule has 3 rings (SSSR count). The summed E-state index contributed by atoms with van der Waals surface area (Å²) in [6, 6.07) is 2.90. The van der Waals surface area contributed by atoms with Gasteiger partial charge in [0.05, 0.1) is 6.26 Å². The number of nitrogens with zero attached hydrogens (tertiary/aromatic N) is 1. The van der Waals surface area contributed by atoms with E-state index >= 15 is 0 Å². The summed E-state index contributed by atoms with van der Waals surface area (Å²) in [6.07, 6.45) is 5.25. The van der Waals surface area contributed by atoms with Crippen LogP contribution in [0.3, 0.4) is 0 Å². The molecular formula is C17H23N3O4. The van der Waals surface area contributed by atoms with Crippen molar-refractivity contribution in [3.05, 3.63) is 24.2 Å². The maximum atomic E-state index is 12.4. The Bertz CT molecular complexity index is 591. The van der Waals surface area contributed by atoms with Gasteiger partial charge in [0.2, 0.25) is 11.8 Å². The molecule has 2 fully saturated rings. The van der Waals surface area contributed by atoms with Gasteiger partial charge in [-0.05, 0) is 44.2 Å². The van der Waals surface area contributed by atoms with Gasteiger partial charge >= 0.3 is 0 Å². The molecule has 2 N–H and O–H groups in total. The molecule has 1 aromatic rings. The predicted octanol–water partition coefficient (Wildman–Crippen LogP) is 0.917. The topological polar surface area (TPSA) is 91.7 Å². The third-order valence-corrected chi connectivity index (χ3v) is 4.74. The second kappa shape index (κ2) is 7.51. The van der Waals surface area contributed by atoms with Crippen LogP contribution in [-0.2, 0) is 9.59 Å². The second-order valence-corrected chi connectivity index (χ2v) is 6.39. The third kappa shape index (κ3) is 3.77. The van der Waals surface area contributed by atoms with Gasteiger partial charge in [-0.25, -0.2) is 0 Å². The number of carbonyl (C=O) groups is 3. The Morgan fingerprint density at radius 1 is 1.21 bits per heavy atom. The predicted molar refractivity (Wildman–Crippen MR) is 86.1 cm³/mol. The number of rotatable bonds is 3. The van der Waals surface area contributed by atoms with Gasteiger partial charge in [-0.2, -0.15) is 0 Å². The molecule has 0 radical (unpaired) electrons. The molecule has 2 saturated heterocycles. The molecule has 3 amide bonds. The fourth-order valence-corrected chi connectivity index (χ4v) is 3.27. The van der Waals surface area contributed by atoms with Gasteiger partial charge < -0.3 is 20.0 Å². The number of carbonyl (C=O) groups excluding carboxylic acids is 3. The van der Waals surface area contributed by atoms with Crippen LogP contribution in [-0.4, -0.2) is 48.3 Å². The first-order valence-corrected chi connectivity index (χ1v) is 8.56. The number of hydrogen-bond donors (Lipinski definition) is 2. The highest BCUT2D eigenvalue weighted by Crippen LogP contribution is 2.20. The van der Waals surface area contributed by atoms with E-state index in [1.54, 1.807) is 17.0 Å². The van der Waals surface area contributed by atoms with Crippen molar-refractivity contribution in [3.8, 4) is 0 Å². The lowest BCUT2D eigenvalue weighted by Crippen LogP contribution is -2.49. The molecule has 0 spiro atoms. The van der Waals surface area contributed by atoms with Crippen molar-refractivity contribution in [2.75, 3.05) is 19.6 Å². The molecule has 1 atom stereocenters. The van der Waals surface area contributed by atoms with Gasteiger partial charge in [0.1, 0.15) is 6.04 Å². The molecule has 0 saturated carbocycles. The zero-order valence-electron chi connectivity index (χ0n) is 13.6. The zero-order valence-corrected chi connectivity index (χ0v) is 13.6. The van der Waals surface area contributed by atoms with Gasteiger partial charge in [0.15, 0.2) is 5.76 Å². The van der Waals surface area contributed by atoms with E-state index in [4.69, 9.17) is 4.42 Å². The smallest absolute Gasteiger partial charge is 0.289 e. The first kappa shape index (κ1) is 16.5. The molecule has 0 aromatic carbocycles. The average Bonchev–Trinajstić information content (AvgIpc) is 3.07. The first-order valence-electron chi connectivity index (χ1n) is 8.56. The normalized spacial score (nSPS) is 22.6. The SMILES string of the molecule is O=C(N[C@@H]1CCCCNC1=O)C1CCN(C(=O)c2ccco2)CC1. The van der Waals surface area contributed by atoms with E-state index in [2.05, 4.69) is 10.6 Å². The van der Waals surface area contributed by atoms with E-state index in [9.17, 15) is 14.4 Å². The quantitative estimate of drug-likeness (QED) is 0.860. The molecule has 3 heterocycles. The number of piperidine rings is 1. The van der Waals surface area contributed by atoms with Crippen LogP contribution in [0.25, 0.3) is 0 Å². The van der Waals surface area contributed by atoms with Crippen LogP contribution in [0.2, 0.25) is 0 Å². The molecule has 2 aliphatic rings. The van der Waals surface area contributed by atoms with Crippen molar-refractivity contribution in [1.82, 2.24) is 15.5 Å². The van der Waals surface area contributed by atoms with Crippen molar-refractivity contribution in [2.45, 2.75) is 38.1 Å². The van der Waals surface area contributed by atoms with Crippen LogP contribution in [0, 0.1) is 5.92 Å². The van der Waals surface area contributed by atoms with Crippen LogP contribution < -0.4 is 10.6 Å². The molecule has 7 nitrogen and oxygen atoms in total. The van der Waals surface area contributed by atoms with Crippen LogP contribution in [0.1, 0.15) is 42.7 Å². The van der Waals surface area contributed by atoms with Crippen molar-refractivity contribution < 1.29 is 18.8 Å². The largest absolute Gasteiger partial charge is 0.459 e. The minimum atomic E-state index is -0.428. The lowest BCUT2D eigenvalue weighted by atomic mass is 9.95. The Labute approximate surface area is 140 Å². The van der Waals surface area contributed by atoms with Crippen LogP contribution >= 0.6 is 0 Å². The zero-order chi connectivity index (χ0) is 16.9. The van der Waals surface area contributed by atoms with Gasteiger partial charge in [0, 0.05) is 25.6 Å². The van der Waals surface area contributed by atoms with Gasteiger partial charge in [-0.3, -0.25) is 14.4 Å². The maximum Gasteiger partial charge on any atom is 0.289 e. The van der Waals surface area contributed by atoms with Gasteiger partial charge in [-0.1, -0.05) is 0 Å². The second-order valence-electron chi connectivity index (χ2n) is 6.39. The summed E-state index contributed by atoms with van der Waals surface area (Å²) in [7, 11) is 0. The van der Waals surface area contributed by atoms with Crippen LogP contribution in [0.5, 0.6) is 0 Å². The summed E-state index contributed by atoms with van der Waals surface area (Å²) < 4.78 is 5.13. The molecular weight excluding hydrogens is 310 g/mol. The Kier molecular flexibility index (Phi) is 5.17. The van der Waals surface area contributed by atoms with Crippen LogP contribution in [0.15, 0.2) is 22.8 Å². The van der Waals surface area contributed by atoms with Crippen LogP contribution in [0.4, 0.5) is 0 Å². The first-order chi connectivity index (χ1) is 11.6. The molecule has 24 heavy (non-hydrogen) atoms. The van der Waals surface area contributed by atoms with Gasteiger partial charge in [-0.15, -0.1) is 0 Å². The van der Waals surface area contributed by atoms with E-state index in [1.165, 1.54) is 6.26 Å². The highest BCUT2D eigenvalue weighted by molar-refractivity contribution is 5.92. The summed E-state index contributed by atoms with van der Waals surface area (Å²) in [5, 5.41) is 5.70. The third-order valence-electron chi connectivity index (χ3n) is 4.74. The van der Waals surface area contributed by atoms with Crippen molar-refractivity contribution >= 4 is 17.7 Å². The lowest BCUT2D eigenvalue weighted by Gasteiger charge is -2.31. The average molecular weight is 333 g/mol. The minimum absolute atomic E-state index is 0.0813. The number of hydrogen-bond acceptors (Lipinski definition) is 4. The molecule has 0 aliphatic carbocycles. The lowest BCUT2D eigenvalue weighted by molar-refractivity contribution is -0.131. The van der Waals surface area contributed by atoms with E-state index in [-0.39, 0.29) is 23.6 Å². The molecule has 7 heteroatoms. The van der Waals surface area contributed by atoms with E-state index in [0.717, 1.165) is 12.8 Å². The highest BCUT2D eigenvalue weighted by atomic mass is 16.3.